The highest BCUT2D eigenvalue weighted by molar-refractivity contribution is 9.10. The number of ether oxygens (including phenoxy) is 1. The highest BCUT2D eigenvalue weighted by Gasteiger charge is 2.28. The average molecular weight is 490 g/mol. The third kappa shape index (κ3) is 4.21. The molecule has 3 aromatic rings. The fourth-order valence-electron chi connectivity index (χ4n) is 3.56. The number of rotatable bonds is 4. The minimum Gasteiger partial charge on any atom is -0.504 e. The third-order valence-corrected chi connectivity index (χ3v) is 5.96. The molecule has 4 nitrogen and oxygen atoms in total. The average Bonchev–Trinajstić information content (AvgIpc) is 2.76. The van der Waals surface area contributed by atoms with Crippen molar-refractivity contribution in [3.05, 3.63) is 92.7 Å². The van der Waals surface area contributed by atoms with E-state index in [0.29, 0.717) is 27.2 Å². The molecule has 0 spiro atoms. The van der Waals surface area contributed by atoms with Crippen LogP contribution in [0, 0.1) is 5.82 Å². The lowest BCUT2D eigenvalue weighted by Crippen LogP contribution is -2.33. The Bertz CT molecular complexity index is 1100. The zero-order chi connectivity index (χ0) is 21.3. The summed E-state index contributed by atoms with van der Waals surface area (Å²) >= 11 is 9.29. The first-order valence-corrected chi connectivity index (χ1v) is 10.5. The number of aromatic hydroxyl groups is 1. The summed E-state index contributed by atoms with van der Waals surface area (Å²) in [6.45, 7) is 0. The summed E-state index contributed by atoms with van der Waals surface area (Å²) in [7, 11) is 1.52. The minimum atomic E-state index is -0.420. The van der Waals surface area contributed by atoms with Crippen LogP contribution in [0.5, 0.6) is 11.5 Å². The van der Waals surface area contributed by atoms with Crippen molar-refractivity contribution in [3.63, 3.8) is 0 Å². The molecule has 3 aromatic carbocycles. The van der Waals surface area contributed by atoms with E-state index in [-0.39, 0.29) is 17.6 Å². The molecule has 1 heterocycles. The van der Waals surface area contributed by atoms with Gasteiger partial charge in [0.2, 0.25) is 0 Å². The minimum absolute atomic E-state index is 0.0916. The Balaban J connectivity index is 1.78. The van der Waals surface area contributed by atoms with Gasteiger partial charge in [-0.1, -0.05) is 41.9 Å². The number of hydrogen-bond donors (Lipinski definition) is 2. The molecule has 0 saturated heterocycles. The van der Waals surface area contributed by atoms with E-state index < -0.39 is 6.17 Å². The maximum absolute atomic E-state index is 13.8. The predicted octanol–water partition coefficient (Wildman–Crippen LogP) is 6.18. The van der Waals surface area contributed by atoms with Crippen molar-refractivity contribution in [2.75, 3.05) is 7.11 Å². The number of benzene rings is 3. The van der Waals surface area contributed by atoms with Crippen LogP contribution in [0.2, 0.25) is 5.02 Å². The molecule has 30 heavy (non-hydrogen) atoms. The molecule has 0 aliphatic carbocycles. The largest absolute Gasteiger partial charge is 0.504 e. The van der Waals surface area contributed by atoms with Crippen molar-refractivity contribution in [3.8, 4) is 11.5 Å². The molecule has 0 bridgehead atoms. The smallest absolute Gasteiger partial charge is 0.162 e. The Morgan fingerprint density at radius 2 is 1.93 bits per heavy atom. The highest BCUT2D eigenvalue weighted by Crippen LogP contribution is 2.39. The fourth-order valence-corrected chi connectivity index (χ4v) is 4.08. The van der Waals surface area contributed by atoms with Gasteiger partial charge >= 0.3 is 0 Å². The normalized spacial score (nSPS) is 18.7. The van der Waals surface area contributed by atoms with Crippen molar-refractivity contribution >= 4 is 33.2 Å². The summed E-state index contributed by atoms with van der Waals surface area (Å²) in [5, 5.41) is 14.8. The van der Waals surface area contributed by atoms with Crippen LogP contribution in [0.25, 0.3) is 0 Å². The van der Waals surface area contributed by atoms with Crippen LogP contribution < -0.4 is 10.1 Å². The molecule has 0 fully saturated rings. The Labute approximate surface area is 187 Å². The number of methoxy groups -OCH3 is 1. The van der Waals surface area contributed by atoms with E-state index in [1.165, 1.54) is 13.2 Å². The van der Waals surface area contributed by atoms with Crippen molar-refractivity contribution in [1.29, 1.82) is 0 Å². The molecular formula is C23H19BrClFN2O2. The molecule has 2 N–H and O–H groups in total. The van der Waals surface area contributed by atoms with Gasteiger partial charge in [0, 0.05) is 28.8 Å². The van der Waals surface area contributed by atoms with Crippen LogP contribution in [0.4, 0.5) is 4.39 Å². The molecule has 4 rings (SSSR count). The monoisotopic (exact) mass is 488 g/mol. The second-order valence-corrected chi connectivity index (χ2v) is 8.27. The first-order chi connectivity index (χ1) is 14.5. The van der Waals surface area contributed by atoms with Gasteiger partial charge in [-0.25, -0.2) is 4.39 Å². The molecule has 0 aromatic heterocycles. The molecule has 0 unspecified atom stereocenters. The van der Waals surface area contributed by atoms with Crippen LogP contribution in [0.1, 0.15) is 35.3 Å². The highest BCUT2D eigenvalue weighted by atomic mass is 79.9. The van der Waals surface area contributed by atoms with E-state index in [1.807, 2.05) is 36.4 Å². The van der Waals surface area contributed by atoms with Crippen molar-refractivity contribution in [1.82, 2.24) is 5.32 Å². The maximum Gasteiger partial charge on any atom is 0.162 e. The number of hydrogen-bond acceptors (Lipinski definition) is 4. The van der Waals surface area contributed by atoms with E-state index in [1.54, 1.807) is 18.2 Å². The first-order valence-electron chi connectivity index (χ1n) is 9.35. The van der Waals surface area contributed by atoms with E-state index in [2.05, 4.69) is 21.2 Å². The quantitative estimate of drug-likeness (QED) is 0.460. The van der Waals surface area contributed by atoms with Gasteiger partial charge in [-0.2, -0.15) is 0 Å². The number of aliphatic imine (C=N–C) groups is 1. The molecule has 0 radical (unpaired) electrons. The zero-order valence-corrected chi connectivity index (χ0v) is 18.4. The number of phenolic OH excluding ortho intramolecular Hbond substituents is 1. The first kappa shape index (κ1) is 20.8. The lowest BCUT2D eigenvalue weighted by Gasteiger charge is -2.31. The lowest BCUT2D eigenvalue weighted by atomic mass is 9.93. The molecule has 1 aliphatic rings. The van der Waals surface area contributed by atoms with Gasteiger partial charge in [0.25, 0.3) is 0 Å². The van der Waals surface area contributed by atoms with Gasteiger partial charge in [0.1, 0.15) is 12.0 Å². The van der Waals surface area contributed by atoms with Crippen LogP contribution in [0.3, 0.4) is 0 Å². The summed E-state index contributed by atoms with van der Waals surface area (Å²) in [4.78, 5) is 4.88. The van der Waals surface area contributed by atoms with Crippen molar-refractivity contribution in [2.24, 2.45) is 4.99 Å². The van der Waals surface area contributed by atoms with Gasteiger partial charge in [0.05, 0.1) is 11.6 Å². The summed E-state index contributed by atoms with van der Waals surface area (Å²) < 4.78 is 19.4. The van der Waals surface area contributed by atoms with E-state index in [0.717, 1.165) is 16.8 Å². The summed E-state index contributed by atoms with van der Waals surface area (Å²) in [6.07, 6.45) is 0.137. The van der Waals surface area contributed by atoms with E-state index in [9.17, 15) is 9.50 Å². The van der Waals surface area contributed by atoms with Gasteiger partial charge in [-0.15, -0.1) is 0 Å². The summed E-state index contributed by atoms with van der Waals surface area (Å²) in [5.41, 5.74) is 3.33. The molecule has 7 heteroatoms. The molecule has 154 valence electrons. The molecule has 2 atom stereocenters. The molecule has 0 saturated carbocycles. The second-order valence-electron chi connectivity index (χ2n) is 6.98. The molecule has 0 amide bonds. The lowest BCUT2D eigenvalue weighted by molar-refractivity contribution is 0.360. The zero-order valence-electron chi connectivity index (χ0n) is 16.1. The maximum atomic E-state index is 13.8. The van der Waals surface area contributed by atoms with E-state index in [4.69, 9.17) is 21.3 Å². The molecular weight excluding hydrogens is 471 g/mol. The Morgan fingerprint density at radius 3 is 2.63 bits per heavy atom. The second kappa shape index (κ2) is 8.76. The number of phenols is 1. The number of para-hydroxylation sites is 1. The van der Waals surface area contributed by atoms with Crippen LogP contribution in [-0.4, -0.2) is 17.9 Å². The van der Waals surface area contributed by atoms with Crippen LogP contribution >= 0.6 is 27.5 Å². The van der Waals surface area contributed by atoms with Gasteiger partial charge in [0.15, 0.2) is 11.5 Å². The fraction of sp³-hybridized carbons (Fsp3) is 0.174. The summed E-state index contributed by atoms with van der Waals surface area (Å²) in [5.74, 6) is 0.165. The Kier molecular flexibility index (Phi) is 6.09. The standard InChI is InChI=1S/C23H19BrClFN2O2/c1-30-21-4-2-3-16(22(21)29)20-12-19(13-5-8-15(25)9-6-13)27-23(28-20)14-7-10-18(26)17(24)11-14/h2-11,20,23,28-29H,12H2,1H3/t20-,23+/m1/s1. The summed E-state index contributed by atoms with van der Waals surface area (Å²) in [6, 6.07) is 17.5. The predicted molar refractivity (Wildman–Crippen MR) is 120 cm³/mol. The van der Waals surface area contributed by atoms with Gasteiger partial charge in [-0.05, 0) is 57.4 Å². The van der Waals surface area contributed by atoms with Crippen molar-refractivity contribution in [2.45, 2.75) is 18.6 Å². The SMILES string of the molecule is COc1cccc([C@H]2CC(c3ccc(Cl)cc3)=N[C@H](c3ccc(F)c(Br)c3)N2)c1O. The molecule has 1 aliphatic heterocycles. The number of nitrogens with zero attached hydrogens (tertiary/aromatic N) is 1. The Hall–Kier alpha value is -2.41. The third-order valence-electron chi connectivity index (χ3n) is 5.10. The van der Waals surface area contributed by atoms with Gasteiger partial charge in [-0.3, -0.25) is 10.3 Å². The van der Waals surface area contributed by atoms with Gasteiger partial charge < -0.3 is 9.84 Å². The van der Waals surface area contributed by atoms with E-state index >= 15 is 0 Å². The number of nitrogens with one attached hydrogen (secondary N) is 1. The van der Waals surface area contributed by atoms with Crippen LogP contribution in [-0.2, 0) is 0 Å². The topological polar surface area (TPSA) is 53.8 Å². The van der Waals surface area contributed by atoms with Crippen molar-refractivity contribution < 1.29 is 14.2 Å². The Morgan fingerprint density at radius 1 is 1.17 bits per heavy atom. The van der Waals surface area contributed by atoms with Crippen LogP contribution in [0.15, 0.2) is 70.1 Å². The number of halogens is 3.